The Bertz CT molecular complexity index is 891. The Morgan fingerprint density at radius 3 is 2.63 bits per heavy atom. The van der Waals surface area contributed by atoms with Crippen molar-refractivity contribution in [3.05, 3.63) is 48.2 Å². The van der Waals surface area contributed by atoms with Gasteiger partial charge in [-0.1, -0.05) is 6.42 Å². The van der Waals surface area contributed by atoms with Crippen LogP contribution in [-0.2, 0) is 10.0 Å². The summed E-state index contributed by atoms with van der Waals surface area (Å²) in [5.74, 6) is -1.31. The number of pyridine rings is 1. The number of hydrogen-bond donors (Lipinski definition) is 3. The van der Waals surface area contributed by atoms with E-state index in [0.29, 0.717) is 18.3 Å². The molecule has 1 fully saturated rings. The largest absolute Gasteiger partial charge is 0.393 e. The van der Waals surface area contributed by atoms with Crippen molar-refractivity contribution in [2.24, 2.45) is 5.92 Å². The summed E-state index contributed by atoms with van der Waals surface area (Å²) < 4.78 is 53.0. The maximum Gasteiger partial charge on any atom is 0.263 e. The Morgan fingerprint density at radius 1 is 1.15 bits per heavy atom. The van der Waals surface area contributed by atoms with Gasteiger partial charge in [0.15, 0.2) is 11.6 Å². The Balaban J connectivity index is 1.62. The highest BCUT2D eigenvalue weighted by atomic mass is 32.2. The second-order valence-corrected chi connectivity index (χ2v) is 8.36. The Labute approximate surface area is 156 Å². The number of benzene rings is 1. The van der Waals surface area contributed by atoms with Gasteiger partial charge in [0.05, 0.1) is 11.8 Å². The molecule has 0 spiro atoms. The number of halogens is 2. The normalized spacial score (nSPS) is 20.3. The van der Waals surface area contributed by atoms with Crippen LogP contribution in [0.25, 0.3) is 0 Å². The average Bonchev–Trinajstić information content (AvgIpc) is 2.63. The lowest BCUT2D eigenvalue weighted by Crippen LogP contribution is -2.25. The Morgan fingerprint density at radius 2 is 1.96 bits per heavy atom. The van der Waals surface area contributed by atoms with E-state index < -0.39 is 21.7 Å². The van der Waals surface area contributed by atoms with Gasteiger partial charge in [-0.3, -0.25) is 4.72 Å². The van der Waals surface area contributed by atoms with E-state index in [1.807, 2.05) is 0 Å². The van der Waals surface area contributed by atoms with Crippen molar-refractivity contribution in [2.45, 2.75) is 36.7 Å². The first-order chi connectivity index (χ1) is 12.8. The molecule has 0 amide bonds. The van der Waals surface area contributed by atoms with Crippen molar-refractivity contribution >= 4 is 21.5 Å². The molecule has 3 rings (SSSR count). The second-order valence-electron chi connectivity index (χ2n) is 6.68. The second kappa shape index (κ2) is 8.18. The van der Waals surface area contributed by atoms with E-state index in [1.54, 1.807) is 6.07 Å². The van der Waals surface area contributed by atoms with Crippen LogP contribution in [0, 0.1) is 17.6 Å². The van der Waals surface area contributed by atoms with Gasteiger partial charge in [-0.2, -0.15) is 0 Å². The molecule has 1 aromatic carbocycles. The highest BCUT2D eigenvalue weighted by molar-refractivity contribution is 7.92. The van der Waals surface area contributed by atoms with Gasteiger partial charge >= 0.3 is 0 Å². The van der Waals surface area contributed by atoms with E-state index in [2.05, 4.69) is 15.0 Å². The maximum absolute atomic E-state index is 13.2. The number of nitrogens with one attached hydrogen (secondary N) is 2. The monoisotopic (exact) mass is 397 g/mol. The molecule has 0 bridgehead atoms. The van der Waals surface area contributed by atoms with Gasteiger partial charge < -0.3 is 10.4 Å². The van der Waals surface area contributed by atoms with Gasteiger partial charge in [-0.15, -0.1) is 0 Å². The smallest absolute Gasteiger partial charge is 0.263 e. The van der Waals surface area contributed by atoms with E-state index in [-0.39, 0.29) is 16.7 Å². The molecular weight excluding hydrogens is 376 g/mol. The summed E-state index contributed by atoms with van der Waals surface area (Å²) in [7, 11) is -3.96. The lowest BCUT2D eigenvalue weighted by atomic mass is 9.87. The van der Waals surface area contributed by atoms with Crippen LogP contribution in [0.2, 0.25) is 0 Å². The van der Waals surface area contributed by atoms with Crippen molar-refractivity contribution in [1.29, 1.82) is 0 Å². The fourth-order valence-corrected chi connectivity index (χ4v) is 4.11. The topological polar surface area (TPSA) is 91.3 Å². The molecule has 1 aliphatic rings. The van der Waals surface area contributed by atoms with E-state index in [1.165, 1.54) is 12.3 Å². The molecule has 2 atom stereocenters. The summed E-state index contributed by atoms with van der Waals surface area (Å²) in [6, 6.07) is 5.68. The quantitative estimate of drug-likeness (QED) is 0.697. The number of aliphatic hydroxyl groups is 1. The third-order valence-corrected chi connectivity index (χ3v) is 5.91. The van der Waals surface area contributed by atoms with Crippen molar-refractivity contribution < 1.29 is 22.3 Å². The molecule has 2 aromatic rings. The van der Waals surface area contributed by atoms with Gasteiger partial charge in [0.1, 0.15) is 10.7 Å². The minimum atomic E-state index is -3.96. The minimum Gasteiger partial charge on any atom is -0.393 e. The first kappa shape index (κ1) is 19.5. The number of aliphatic hydroxyl groups excluding tert-OH is 1. The SMILES string of the molecule is O=S(=O)(Nc1ccc(F)c(F)c1)c1ccc(NCC2CCCC(O)C2)nc1. The zero-order valence-corrected chi connectivity index (χ0v) is 15.3. The van der Waals surface area contributed by atoms with Crippen molar-refractivity contribution in [3.63, 3.8) is 0 Å². The summed E-state index contributed by atoms with van der Waals surface area (Å²) in [6.45, 7) is 0.656. The van der Waals surface area contributed by atoms with Crippen LogP contribution in [0.4, 0.5) is 20.3 Å². The Hall–Kier alpha value is -2.26. The van der Waals surface area contributed by atoms with E-state index in [4.69, 9.17) is 0 Å². The Kier molecular flexibility index (Phi) is 5.91. The predicted molar refractivity (Wildman–Crippen MR) is 97.9 cm³/mol. The van der Waals surface area contributed by atoms with E-state index in [0.717, 1.165) is 43.9 Å². The molecule has 1 saturated carbocycles. The molecule has 0 aliphatic heterocycles. The van der Waals surface area contributed by atoms with E-state index >= 15 is 0 Å². The summed E-state index contributed by atoms with van der Waals surface area (Å²) in [5, 5.41) is 12.8. The highest BCUT2D eigenvalue weighted by Crippen LogP contribution is 2.24. The third kappa shape index (κ3) is 5.14. The molecule has 1 aromatic heterocycles. The fraction of sp³-hybridized carbons (Fsp3) is 0.389. The number of hydrogen-bond acceptors (Lipinski definition) is 5. The molecule has 146 valence electrons. The van der Waals surface area contributed by atoms with Crippen molar-refractivity contribution in [2.75, 3.05) is 16.6 Å². The molecule has 3 N–H and O–H groups in total. The minimum absolute atomic E-state index is 0.0769. The van der Waals surface area contributed by atoms with Crippen LogP contribution < -0.4 is 10.0 Å². The number of sulfonamides is 1. The average molecular weight is 397 g/mol. The maximum atomic E-state index is 13.2. The fourth-order valence-electron chi connectivity index (χ4n) is 3.11. The first-order valence-corrected chi connectivity index (χ1v) is 10.2. The van der Waals surface area contributed by atoms with Gasteiger partial charge in [0.2, 0.25) is 0 Å². The van der Waals surface area contributed by atoms with Crippen molar-refractivity contribution in [3.8, 4) is 0 Å². The lowest BCUT2D eigenvalue weighted by molar-refractivity contribution is 0.104. The summed E-state index contributed by atoms with van der Waals surface area (Å²) in [6.07, 6.45) is 4.56. The van der Waals surface area contributed by atoms with Crippen LogP contribution >= 0.6 is 0 Å². The van der Waals surface area contributed by atoms with Crippen LogP contribution in [-0.4, -0.2) is 31.2 Å². The van der Waals surface area contributed by atoms with Gasteiger partial charge in [-0.05, 0) is 49.4 Å². The summed E-state index contributed by atoms with van der Waals surface area (Å²) >= 11 is 0. The summed E-state index contributed by atoms with van der Waals surface area (Å²) in [5.41, 5.74) is -0.0769. The standard InChI is InChI=1S/C18H21F2N3O3S/c19-16-6-4-13(9-17(16)20)23-27(25,26)15-5-7-18(22-11-15)21-10-12-2-1-3-14(24)8-12/h4-7,9,11-12,14,23-24H,1-3,8,10H2,(H,21,22). The number of anilines is 2. The zero-order valence-electron chi connectivity index (χ0n) is 14.5. The third-order valence-electron chi connectivity index (χ3n) is 4.55. The molecule has 0 radical (unpaired) electrons. The molecular formula is C18H21F2N3O3S. The van der Waals surface area contributed by atoms with Crippen LogP contribution in [0.5, 0.6) is 0 Å². The van der Waals surface area contributed by atoms with E-state index in [9.17, 15) is 22.3 Å². The van der Waals surface area contributed by atoms with Crippen LogP contribution in [0.15, 0.2) is 41.4 Å². The summed E-state index contributed by atoms with van der Waals surface area (Å²) in [4.78, 5) is 4.00. The molecule has 0 saturated heterocycles. The molecule has 1 heterocycles. The van der Waals surface area contributed by atoms with Crippen molar-refractivity contribution in [1.82, 2.24) is 4.98 Å². The van der Waals surface area contributed by atoms with Crippen LogP contribution in [0.1, 0.15) is 25.7 Å². The van der Waals surface area contributed by atoms with Gasteiger partial charge in [-0.25, -0.2) is 22.2 Å². The predicted octanol–water partition coefficient (Wildman–Crippen LogP) is 3.12. The molecule has 27 heavy (non-hydrogen) atoms. The molecule has 2 unspecified atom stereocenters. The van der Waals surface area contributed by atoms with Gasteiger partial charge in [0.25, 0.3) is 10.0 Å². The number of rotatable bonds is 6. The number of nitrogens with zero attached hydrogens (tertiary/aromatic N) is 1. The number of aromatic nitrogens is 1. The molecule has 1 aliphatic carbocycles. The molecule has 6 nitrogen and oxygen atoms in total. The first-order valence-electron chi connectivity index (χ1n) is 8.69. The zero-order chi connectivity index (χ0) is 19.4. The van der Waals surface area contributed by atoms with Gasteiger partial charge in [0, 0.05) is 18.8 Å². The lowest BCUT2D eigenvalue weighted by Gasteiger charge is -2.26. The molecule has 9 heteroatoms. The van der Waals surface area contributed by atoms with Crippen LogP contribution in [0.3, 0.4) is 0 Å². The highest BCUT2D eigenvalue weighted by Gasteiger charge is 2.20.